The first-order valence-corrected chi connectivity index (χ1v) is 11.0. The first-order valence-electron chi connectivity index (χ1n) is 10.2. The lowest BCUT2D eigenvalue weighted by molar-refractivity contribution is 0.0951. The molecule has 1 amide bonds. The number of amides is 1. The molecule has 28 heavy (non-hydrogen) atoms. The third-order valence-electron chi connectivity index (χ3n) is 5.47. The smallest absolute Gasteiger partial charge is 0.251 e. The average molecular weight is 400 g/mol. The minimum Gasteiger partial charge on any atom is -0.350 e. The van der Waals surface area contributed by atoms with Crippen LogP contribution in [0.3, 0.4) is 0 Å². The van der Waals surface area contributed by atoms with E-state index in [1.165, 1.54) is 11.1 Å². The Morgan fingerprint density at radius 3 is 2.32 bits per heavy atom. The molecule has 0 spiro atoms. The summed E-state index contributed by atoms with van der Waals surface area (Å²) in [6.45, 7) is 14.8. The summed E-state index contributed by atoms with van der Waals surface area (Å²) in [7, 11) is 0. The number of nitrogens with one attached hydrogen (secondary N) is 1. The van der Waals surface area contributed by atoms with Gasteiger partial charge in [0.2, 0.25) is 0 Å². The zero-order chi connectivity index (χ0) is 20.5. The van der Waals surface area contributed by atoms with Gasteiger partial charge in [-0.2, -0.15) is 0 Å². The molecule has 1 aromatic carbocycles. The summed E-state index contributed by atoms with van der Waals surface area (Å²) in [5.74, 6) is 0.0163. The van der Waals surface area contributed by atoms with Crippen molar-refractivity contribution in [3.8, 4) is 0 Å². The molecule has 1 N–H and O–H groups in total. The van der Waals surface area contributed by atoms with Crippen molar-refractivity contribution < 1.29 is 4.79 Å². The quantitative estimate of drug-likeness (QED) is 0.774. The van der Waals surface area contributed by atoms with E-state index in [9.17, 15) is 4.79 Å². The number of aromatic nitrogens is 1. The summed E-state index contributed by atoms with van der Waals surface area (Å²) < 4.78 is 0. The zero-order valence-corrected chi connectivity index (χ0v) is 18.8. The Balaban J connectivity index is 1.76. The number of hydrogen-bond donors (Lipinski definition) is 1. The van der Waals surface area contributed by atoms with Crippen LogP contribution in [-0.4, -0.2) is 30.0 Å². The van der Waals surface area contributed by atoms with Crippen molar-refractivity contribution in [3.63, 3.8) is 0 Å². The molecule has 1 aliphatic rings. The van der Waals surface area contributed by atoms with Crippen LogP contribution >= 0.6 is 11.3 Å². The molecule has 2 aromatic rings. The lowest BCUT2D eigenvalue weighted by Gasteiger charge is -2.27. The van der Waals surface area contributed by atoms with E-state index in [-0.39, 0.29) is 16.7 Å². The molecule has 5 heteroatoms. The maximum Gasteiger partial charge on any atom is 0.251 e. The summed E-state index contributed by atoms with van der Waals surface area (Å²) in [5, 5.41) is 6.25. The van der Waals surface area contributed by atoms with Crippen molar-refractivity contribution in [1.82, 2.24) is 10.3 Å². The van der Waals surface area contributed by atoms with Crippen LogP contribution in [0.5, 0.6) is 0 Å². The van der Waals surface area contributed by atoms with E-state index < -0.39 is 0 Å². The molecule has 0 radical (unpaired) electrons. The Morgan fingerprint density at radius 1 is 1.14 bits per heavy atom. The van der Waals surface area contributed by atoms with E-state index in [0.29, 0.717) is 12.6 Å². The van der Waals surface area contributed by atoms with Crippen LogP contribution in [0.1, 0.15) is 75.9 Å². The highest BCUT2D eigenvalue weighted by atomic mass is 32.1. The van der Waals surface area contributed by atoms with Gasteiger partial charge in [0.05, 0.1) is 0 Å². The molecule has 4 nitrogen and oxygen atoms in total. The third-order valence-corrected chi connectivity index (χ3v) is 6.28. The molecule has 0 bridgehead atoms. The fourth-order valence-corrected chi connectivity index (χ4v) is 4.34. The molecule has 3 rings (SSSR count). The summed E-state index contributed by atoms with van der Waals surface area (Å²) in [6.07, 6.45) is 4.09. The van der Waals surface area contributed by atoms with Gasteiger partial charge in [0.25, 0.3) is 5.91 Å². The summed E-state index contributed by atoms with van der Waals surface area (Å²) in [4.78, 5) is 19.8. The van der Waals surface area contributed by atoms with Crippen molar-refractivity contribution in [2.75, 3.05) is 18.0 Å². The van der Waals surface area contributed by atoms with E-state index in [1.807, 2.05) is 11.6 Å². The summed E-state index contributed by atoms with van der Waals surface area (Å²) >= 11 is 1.67. The molecule has 1 fully saturated rings. The lowest BCUT2D eigenvalue weighted by atomic mass is 9.79. The maximum atomic E-state index is 13.0. The highest BCUT2D eigenvalue weighted by Crippen LogP contribution is 2.31. The number of anilines is 1. The highest BCUT2D eigenvalue weighted by Gasteiger charge is 2.27. The Morgan fingerprint density at radius 2 is 1.79 bits per heavy atom. The van der Waals surface area contributed by atoms with Gasteiger partial charge in [0, 0.05) is 36.3 Å². The molecular formula is C23H33N3OS. The molecule has 1 atom stereocenters. The normalized spacial score (nSPS) is 17.8. The Hall–Kier alpha value is -1.88. The van der Waals surface area contributed by atoms with Crippen LogP contribution in [-0.2, 0) is 10.8 Å². The lowest BCUT2D eigenvalue weighted by Crippen LogP contribution is -2.40. The highest BCUT2D eigenvalue weighted by molar-refractivity contribution is 7.13. The molecular weight excluding hydrogens is 366 g/mol. The van der Waals surface area contributed by atoms with E-state index in [2.05, 4.69) is 74.9 Å². The van der Waals surface area contributed by atoms with E-state index in [1.54, 1.807) is 11.3 Å². The van der Waals surface area contributed by atoms with E-state index in [4.69, 9.17) is 0 Å². The van der Waals surface area contributed by atoms with E-state index >= 15 is 0 Å². The van der Waals surface area contributed by atoms with Gasteiger partial charge in [-0.1, -0.05) is 47.6 Å². The Bertz CT molecular complexity index is 783. The number of rotatable bonds is 4. The first-order chi connectivity index (χ1) is 13.1. The molecule has 2 heterocycles. The fourth-order valence-electron chi connectivity index (χ4n) is 3.59. The second-order valence-corrected chi connectivity index (χ2v) is 10.7. The number of carbonyl (C=O) groups excluding carboxylic acids is 1. The predicted molar refractivity (Wildman–Crippen MR) is 119 cm³/mol. The summed E-state index contributed by atoms with van der Waals surface area (Å²) in [6, 6.07) is 6.68. The monoisotopic (exact) mass is 399 g/mol. The minimum absolute atomic E-state index is 0.00336. The van der Waals surface area contributed by atoms with Gasteiger partial charge in [-0.3, -0.25) is 4.79 Å². The second-order valence-electron chi connectivity index (χ2n) is 9.81. The van der Waals surface area contributed by atoms with Crippen LogP contribution in [0.2, 0.25) is 0 Å². The van der Waals surface area contributed by atoms with Crippen LogP contribution < -0.4 is 10.2 Å². The number of thiazole rings is 1. The van der Waals surface area contributed by atoms with Gasteiger partial charge in [-0.15, -0.1) is 11.3 Å². The van der Waals surface area contributed by atoms with Crippen molar-refractivity contribution >= 4 is 22.4 Å². The van der Waals surface area contributed by atoms with Crippen molar-refractivity contribution in [3.05, 3.63) is 46.5 Å². The predicted octanol–water partition coefficient (Wildman–Crippen LogP) is 5.14. The van der Waals surface area contributed by atoms with Gasteiger partial charge in [-0.25, -0.2) is 4.98 Å². The van der Waals surface area contributed by atoms with E-state index in [0.717, 1.165) is 30.1 Å². The molecule has 1 aliphatic heterocycles. The fraction of sp³-hybridized carbons (Fsp3) is 0.565. The van der Waals surface area contributed by atoms with Crippen molar-refractivity contribution in [2.45, 2.75) is 71.3 Å². The second kappa shape index (κ2) is 7.86. The standard InChI is InChI=1S/C23H33N3OS/c1-22(2,3)17-12-16(13-18(14-17)23(4,5)6)20(27)25-15-19-8-7-10-26(19)21-24-9-11-28-21/h9,11-14,19H,7-8,10,15H2,1-6H3,(H,25,27). The topological polar surface area (TPSA) is 45.2 Å². The van der Waals surface area contributed by atoms with Crippen LogP contribution in [0.15, 0.2) is 29.8 Å². The Labute approximate surface area is 173 Å². The van der Waals surface area contributed by atoms with Gasteiger partial charge >= 0.3 is 0 Å². The van der Waals surface area contributed by atoms with Gasteiger partial charge < -0.3 is 10.2 Å². The molecule has 1 unspecified atom stereocenters. The third kappa shape index (κ3) is 4.75. The SMILES string of the molecule is CC(C)(C)c1cc(C(=O)NCC2CCCN2c2nccs2)cc(C(C)(C)C)c1. The largest absolute Gasteiger partial charge is 0.350 e. The maximum absolute atomic E-state index is 13.0. The molecule has 0 saturated carbocycles. The molecule has 152 valence electrons. The minimum atomic E-state index is 0.00336. The van der Waals surface area contributed by atoms with Crippen molar-refractivity contribution in [1.29, 1.82) is 0 Å². The molecule has 1 saturated heterocycles. The Kier molecular flexibility index (Phi) is 5.85. The van der Waals surface area contributed by atoms with Gasteiger partial charge in [-0.05, 0) is 46.9 Å². The van der Waals surface area contributed by atoms with Crippen LogP contribution in [0.4, 0.5) is 5.13 Å². The average Bonchev–Trinajstić information content (AvgIpc) is 3.28. The van der Waals surface area contributed by atoms with Gasteiger partial charge in [0.15, 0.2) is 5.13 Å². The molecule has 0 aliphatic carbocycles. The van der Waals surface area contributed by atoms with Crippen molar-refractivity contribution in [2.24, 2.45) is 0 Å². The first kappa shape index (κ1) is 20.8. The summed E-state index contributed by atoms with van der Waals surface area (Å²) in [5.41, 5.74) is 3.18. The number of carbonyl (C=O) groups is 1. The van der Waals surface area contributed by atoms with Crippen LogP contribution in [0, 0.1) is 0 Å². The number of hydrogen-bond acceptors (Lipinski definition) is 4. The number of nitrogens with zero attached hydrogens (tertiary/aromatic N) is 2. The van der Waals surface area contributed by atoms with Gasteiger partial charge in [0.1, 0.15) is 0 Å². The van der Waals surface area contributed by atoms with Crippen LogP contribution in [0.25, 0.3) is 0 Å². The molecule has 1 aromatic heterocycles. The zero-order valence-electron chi connectivity index (χ0n) is 18.0. The number of benzene rings is 1.